The molecule has 1 aromatic heterocycles. The molecule has 0 bridgehead atoms. The molecule has 0 saturated carbocycles. The molecule has 1 saturated heterocycles. The van der Waals surface area contributed by atoms with Crippen LogP contribution in [0.1, 0.15) is 35.8 Å². The fourth-order valence-corrected chi connectivity index (χ4v) is 4.50. The number of piperidine rings is 1. The van der Waals surface area contributed by atoms with E-state index in [1.165, 1.54) is 24.2 Å². The van der Waals surface area contributed by atoms with Gasteiger partial charge < -0.3 is 14.8 Å². The Morgan fingerprint density at radius 3 is 2.60 bits per heavy atom. The molecule has 0 radical (unpaired) electrons. The molecule has 0 atom stereocenters. The standard InChI is InChI=1S/C26H30N4O4S/c1-18-10-12-30(13-11-18)15-21-17-35-26(28-21)29-25(32)19-6-8-22(9-7-19)34-16-24(31)27-20-4-3-5-23(14-20)33-2/h3-9,14,17-18H,10-13,15-16H2,1-2H3,(H,27,31)(H,28,29,32). The van der Waals surface area contributed by atoms with Gasteiger partial charge in [-0.05, 0) is 68.2 Å². The van der Waals surface area contributed by atoms with Gasteiger partial charge in [0, 0.05) is 29.2 Å². The highest BCUT2D eigenvalue weighted by molar-refractivity contribution is 7.14. The molecule has 35 heavy (non-hydrogen) atoms. The lowest BCUT2D eigenvalue weighted by Gasteiger charge is -2.29. The summed E-state index contributed by atoms with van der Waals surface area (Å²) in [5.41, 5.74) is 2.09. The first kappa shape index (κ1) is 24.7. The second kappa shape index (κ2) is 11.8. The Balaban J connectivity index is 1.23. The van der Waals surface area contributed by atoms with Crippen LogP contribution in [0.3, 0.4) is 0 Å². The Bertz CT molecular complexity index is 1140. The predicted octanol–water partition coefficient (Wildman–Crippen LogP) is 4.65. The van der Waals surface area contributed by atoms with E-state index in [1.807, 2.05) is 5.38 Å². The average molecular weight is 495 g/mol. The van der Waals surface area contributed by atoms with Crippen molar-refractivity contribution in [1.29, 1.82) is 0 Å². The van der Waals surface area contributed by atoms with Gasteiger partial charge in [-0.3, -0.25) is 19.8 Å². The number of methoxy groups -OCH3 is 1. The molecule has 0 spiro atoms. The molecule has 8 nitrogen and oxygen atoms in total. The molecular formula is C26H30N4O4S. The van der Waals surface area contributed by atoms with Crippen LogP contribution in [0.25, 0.3) is 0 Å². The number of carbonyl (C=O) groups excluding carboxylic acids is 2. The summed E-state index contributed by atoms with van der Waals surface area (Å²) >= 11 is 1.43. The van der Waals surface area contributed by atoms with E-state index < -0.39 is 0 Å². The van der Waals surface area contributed by atoms with Crippen LogP contribution in [-0.4, -0.2) is 48.5 Å². The van der Waals surface area contributed by atoms with Crippen LogP contribution in [0.15, 0.2) is 53.9 Å². The van der Waals surface area contributed by atoms with E-state index in [2.05, 4.69) is 27.4 Å². The van der Waals surface area contributed by atoms with Crippen molar-refractivity contribution in [2.24, 2.45) is 5.92 Å². The molecule has 3 aromatic rings. The van der Waals surface area contributed by atoms with Crippen molar-refractivity contribution in [2.45, 2.75) is 26.3 Å². The Hall–Kier alpha value is -3.43. The third kappa shape index (κ3) is 7.27. The average Bonchev–Trinajstić information content (AvgIpc) is 3.31. The SMILES string of the molecule is COc1cccc(NC(=O)COc2ccc(C(=O)Nc3nc(CN4CCC(C)CC4)cs3)cc2)c1. The third-order valence-corrected chi connectivity index (χ3v) is 6.68. The van der Waals surface area contributed by atoms with Crippen LogP contribution in [0.4, 0.5) is 10.8 Å². The molecule has 2 aromatic carbocycles. The maximum Gasteiger partial charge on any atom is 0.262 e. The predicted molar refractivity (Wildman–Crippen MR) is 137 cm³/mol. The second-order valence-corrected chi connectivity index (χ2v) is 9.51. The highest BCUT2D eigenvalue weighted by Gasteiger charge is 2.17. The molecule has 0 unspecified atom stereocenters. The molecule has 1 aliphatic rings. The number of aromatic nitrogens is 1. The van der Waals surface area contributed by atoms with Crippen molar-refractivity contribution >= 4 is 34.0 Å². The number of nitrogens with one attached hydrogen (secondary N) is 2. The summed E-state index contributed by atoms with van der Waals surface area (Å²) in [6.07, 6.45) is 2.45. The summed E-state index contributed by atoms with van der Waals surface area (Å²) in [6, 6.07) is 13.7. The maximum atomic E-state index is 12.6. The number of likely N-dealkylation sites (tertiary alicyclic amines) is 1. The first-order valence-electron chi connectivity index (χ1n) is 11.6. The van der Waals surface area contributed by atoms with Gasteiger partial charge >= 0.3 is 0 Å². The van der Waals surface area contributed by atoms with Gasteiger partial charge in [0.15, 0.2) is 11.7 Å². The van der Waals surface area contributed by atoms with Crippen molar-refractivity contribution in [1.82, 2.24) is 9.88 Å². The van der Waals surface area contributed by atoms with Gasteiger partial charge in [0.25, 0.3) is 11.8 Å². The molecule has 4 rings (SSSR count). The minimum Gasteiger partial charge on any atom is -0.497 e. The Labute approximate surface area is 209 Å². The number of amides is 2. The second-order valence-electron chi connectivity index (χ2n) is 8.65. The van der Waals surface area contributed by atoms with E-state index in [1.54, 1.807) is 55.6 Å². The van der Waals surface area contributed by atoms with E-state index in [9.17, 15) is 9.59 Å². The van der Waals surface area contributed by atoms with E-state index in [0.29, 0.717) is 27.9 Å². The van der Waals surface area contributed by atoms with Crippen molar-refractivity contribution in [3.63, 3.8) is 0 Å². The summed E-state index contributed by atoms with van der Waals surface area (Å²) in [6.45, 7) is 5.15. The topological polar surface area (TPSA) is 92.8 Å². The van der Waals surface area contributed by atoms with Gasteiger partial charge in [0.05, 0.1) is 12.8 Å². The number of carbonyl (C=O) groups is 2. The highest BCUT2D eigenvalue weighted by atomic mass is 32.1. The van der Waals surface area contributed by atoms with Crippen LogP contribution in [-0.2, 0) is 11.3 Å². The summed E-state index contributed by atoms with van der Waals surface area (Å²) in [4.78, 5) is 31.7. The first-order chi connectivity index (χ1) is 17.0. The van der Waals surface area contributed by atoms with E-state index in [4.69, 9.17) is 9.47 Å². The van der Waals surface area contributed by atoms with Crippen LogP contribution in [0.2, 0.25) is 0 Å². The smallest absolute Gasteiger partial charge is 0.262 e. The molecule has 2 N–H and O–H groups in total. The molecule has 1 fully saturated rings. The zero-order valence-electron chi connectivity index (χ0n) is 20.0. The van der Waals surface area contributed by atoms with Crippen LogP contribution in [0, 0.1) is 5.92 Å². The third-order valence-electron chi connectivity index (χ3n) is 5.87. The normalized spacial score (nSPS) is 14.3. The summed E-state index contributed by atoms with van der Waals surface area (Å²) in [5.74, 6) is 1.42. The molecule has 0 aliphatic carbocycles. The van der Waals surface area contributed by atoms with Gasteiger partial charge in [0.1, 0.15) is 11.5 Å². The van der Waals surface area contributed by atoms with Gasteiger partial charge in [-0.15, -0.1) is 11.3 Å². The number of thiazole rings is 1. The van der Waals surface area contributed by atoms with Gasteiger partial charge in [-0.2, -0.15) is 0 Å². The lowest BCUT2D eigenvalue weighted by atomic mass is 9.99. The van der Waals surface area contributed by atoms with Crippen molar-refractivity contribution < 1.29 is 19.1 Å². The monoisotopic (exact) mass is 494 g/mol. The lowest BCUT2D eigenvalue weighted by Crippen LogP contribution is -2.32. The quantitative estimate of drug-likeness (QED) is 0.450. The molecule has 2 amide bonds. The zero-order chi connectivity index (χ0) is 24.6. The Morgan fingerprint density at radius 2 is 1.86 bits per heavy atom. The number of nitrogens with zero attached hydrogens (tertiary/aromatic N) is 2. The van der Waals surface area contributed by atoms with Crippen molar-refractivity contribution in [2.75, 3.05) is 37.4 Å². The van der Waals surface area contributed by atoms with Crippen molar-refractivity contribution in [3.05, 3.63) is 65.2 Å². The fraction of sp³-hybridized carbons (Fsp3) is 0.346. The van der Waals surface area contributed by atoms with Gasteiger partial charge in [0.2, 0.25) is 0 Å². The minimum absolute atomic E-state index is 0.152. The Morgan fingerprint density at radius 1 is 1.09 bits per heavy atom. The van der Waals surface area contributed by atoms with E-state index in [0.717, 1.165) is 31.2 Å². The highest BCUT2D eigenvalue weighted by Crippen LogP contribution is 2.22. The Kier molecular flexibility index (Phi) is 8.33. The van der Waals surface area contributed by atoms with Crippen LogP contribution >= 0.6 is 11.3 Å². The molecule has 9 heteroatoms. The van der Waals surface area contributed by atoms with Gasteiger partial charge in [-0.25, -0.2) is 4.98 Å². The molecular weight excluding hydrogens is 464 g/mol. The number of ether oxygens (including phenoxy) is 2. The van der Waals surface area contributed by atoms with Gasteiger partial charge in [-0.1, -0.05) is 13.0 Å². The first-order valence-corrected chi connectivity index (χ1v) is 12.5. The number of anilines is 2. The zero-order valence-corrected chi connectivity index (χ0v) is 20.8. The largest absolute Gasteiger partial charge is 0.497 e. The molecule has 2 heterocycles. The summed E-state index contributed by atoms with van der Waals surface area (Å²) in [5, 5.41) is 8.21. The van der Waals surface area contributed by atoms with E-state index in [-0.39, 0.29) is 18.4 Å². The number of hydrogen-bond donors (Lipinski definition) is 2. The number of rotatable bonds is 9. The minimum atomic E-state index is -0.293. The number of hydrogen-bond acceptors (Lipinski definition) is 7. The van der Waals surface area contributed by atoms with Crippen LogP contribution < -0.4 is 20.1 Å². The van der Waals surface area contributed by atoms with E-state index >= 15 is 0 Å². The molecule has 1 aliphatic heterocycles. The lowest BCUT2D eigenvalue weighted by molar-refractivity contribution is -0.118. The maximum absolute atomic E-state index is 12.6. The summed E-state index contributed by atoms with van der Waals surface area (Å²) < 4.78 is 10.7. The molecule has 184 valence electrons. The fourth-order valence-electron chi connectivity index (χ4n) is 3.80. The van der Waals surface area contributed by atoms with Crippen LogP contribution in [0.5, 0.6) is 11.5 Å². The number of benzene rings is 2. The summed E-state index contributed by atoms with van der Waals surface area (Å²) in [7, 11) is 1.57. The van der Waals surface area contributed by atoms with Crippen molar-refractivity contribution in [3.8, 4) is 11.5 Å².